The van der Waals surface area contributed by atoms with Gasteiger partial charge >= 0.3 is 0 Å². The zero-order valence-corrected chi connectivity index (χ0v) is 10.3. The lowest BCUT2D eigenvalue weighted by Gasteiger charge is -2.00. The van der Waals surface area contributed by atoms with Crippen molar-refractivity contribution in [3.63, 3.8) is 0 Å². The lowest BCUT2D eigenvalue weighted by molar-refractivity contribution is 1.39. The van der Waals surface area contributed by atoms with Gasteiger partial charge in [0, 0.05) is 21.0 Å². The Bertz CT molecular complexity index is 830. The van der Waals surface area contributed by atoms with Crippen molar-refractivity contribution in [2.24, 2.45) is 0 Å². The Morgan fingerprint density at radius 2 is 1.30 bits per heavy atom. The summed E-state index contributed by atoms with van der Waals surface area (Å²) in [6.45, 7) is -1.92. The first-order valence-corrected chi connectivity index (χ1v) is 5.26. The standard InChI is InChI=1S/2C8H11N.5CH4.H2/c2*1-6-4-3-5-7(2)8(6)9;;;;;;/h2*3-5H,9H2,1-2H3;5*1H4;1H/i1D3,2D3,3D,4D,5D;;;;;;;/hD2. The Labute approximate surface area is 164 Å². The quantitative estimate of drug-likeness (QED) is 0.541. The maximum Gasteiger partial charge on any atom is 0.156 e. The number of anilines is 2. The largest absolute Gasteiger partial charge is 0.398 e. The van der Waals surface area contributed by atoms with Crippen LogP contribution in [-0.2, 0) is 0 Å². The second-order valence-corrected chi connectivity index (χ2v) is 3.78. The molecule has 4 N–H and O–H groups in total. The molecule has 138 valence electrons. The summed E-state index contributed by atoms with van der Waals surface area (Å²) in [7, 11) is 0. The number of para-hydroxylation sites is 2. The first kappa shape index (κ1) is 11.6. The van der Waals surface area contributed by atoms with Crippen LogP contribution < -0.4 is 11.5 Å². The van der Waals surface area contributed by atoms with Crippen molar-refractivity contribution in [2.75, 3.05) is 11.5 Å². The molecule has 0 atom stereocenters. The van der Waals surface area contributed by atoms with E-state index in [1.54, 1.807) is 0 Å². The Hall–Kier alpha value is -1.96. The van der Waals surface area contributed by atoms with Gasteiger partial charge in [-0.2, -0.15) is 0 Å². The molecule has 0 spiro atoms. The molecule has 2 nitrogen and oxygen atoms in total. The zero-order chi connectivity index (χ0) is 22.9. The van der Waals surface area contributed by atoms with Gasteiger partial charge in [-0.3, -0.25) is 0 Å². The number of nitrogens with two attached hydrogens (primary N) is 2. The van der Waals surface area contributed by atoms with E-state index in [1.165, 1.54) is 0 Å². The van der Waals surface area contributed by atoms with E-state index >= 15 is 0 Å². The maximum absolute atomic E-state index is 7.58. The Kier molecular flexibility index (Phi) is 7.51. The summed E-state index contributed by atoms with van der Waals surface area (Å²) in [5, 5.41) is 0. The number of nitrogen functional groups attached to an aromatic ring is 2. The van der Waals surface area contributed by atoms with Crippen LogP contribution in [0.15, 0.2) is 36.3 Å². The molecule has 23 heavy (non-hydrogen) atoms. The summed E-state index contributed by atoms with van der Waals surface area (Å²) < 4.78 is 80.9. The molecule has 2 heteroatoms. The fraction of sp³-hybridized carbons (Fsp3) is 0.429. The number of hydrogen-bond acceptors (Lipinski definition) is 2. The molecule has 0 heterocycles. The smallest absolute Gasteiger partial charge is 0.156 e. The normalized spacial score (nSPS) is 15.3. The van der Waals surface area contributed by atoms with E-state index in [0.717, 1.165) is 16.8 Å². The van der Waals surface area contributed by atoms with E-state index in [2.05, 4.69) is 0 Å². The molecule has 0 saturated heterocycles. The first-order valence-electron chi connectivity index (χ1n) is 10.7. The van der Waals surface area contributed by atoms with E-state index in [1.807, 2.05) is 32.0 Å². The number of hydrogen-bond donors (Lipinski definition) is 2. The molecule has 0 radical (unpaired) electrons. The van der Waals surface area contributed by atoms with E-state index in [9.17, 15) is 0 Å². The van der Waals surface area contributed by atoms with E-state index in [4.69, 9.17) is 20.9 Å². The SMILES string of the molecule is C.C.C.C.C.Cc1cccc(C)c1N.[2H]c1c([2H])c(C([2H])([2H])[2H])c(N([2H])[2H])c(C([2H])([2H])[2H])c1[2H].[HH]. The lowest BCUT2D eigenvalue weighted by Crippen LogP contribution is -1.91. The van der Waals surface area contributed by atoms with Crippen molar-refractivity contribution in [2.45, 2.75) is 64.7 Å². The predicted molar refractivity (Wildman–Crippen MR) is 116 cm³/mol. The zero-order valence-electron chi connectivity index (χ0n) is 21.3. The van der Waals surface area contributed by atoms with Gasteiger partial charge in [0.1, 0.15) is 0 Å². The highest BCUT2D eigenvalue weighted by Crippen LogP contribution is 2.14. The molecule has 0 saturated carbocycles. The van der Waals surface area contributed by atoms with Gasteiger partial charge in [0.05, 0.1) is 4.11 Å². The Morgan fingerprint density at radius 3 is 1.61 bits per heavy atom. The van der Waals surface area contributed by atoms with E-state index in [0.29, 0.717) is 0 Å². The van der Waals surface area contributed by atoms with Crippen molar-refractivity contribution in [3.05, 3.63) is 58.6 Å². The maximum atomic E-state index is 7.58. The third-order valence-electron chi connectivity index (χ3n) is 2.39. The van der Waals surface area contributed by atoms with Gasteiger partial charge in [-0.05, 0) is 49.8 Å². The molecule has 0 aliphatic carbocycles. The molecular formula is C21H44N2. The first-order chi connectivity index (χ1) is 13.0. The monoisotopic (exact) mass is 335 g/mol. The molecule has 2 aromatic carbocycles. The van der Waals surface area contributed by atoms with Crippen LogP contribution in [0.3, 0.4) is 0 Å². The van der Waals surface area contributed by atoms with Crippen molar-refractivity contribution in [3.8, 4) is 0 Å². The molecule has 0 aromatic heterocycles. The minimum absolute atomic E-state index is 0. The molecule has 2 rings (SSSR count). The van der Waals surface area contributed by atoms with Gasteiger partial charge in [0.2, 0.25) is 0 Å². The third-order valence-corrected chi connectivity index (χ3v) is 2.39. The van der Waals surface area contributed by atoms with Crippen LogP contribution in [0.25, 0.3) is 0 Å². The number of benzene rings is 2. The summed E-state index contributed by atoms with van der Waals surface area (Å²) in [6.07, 6.45) is 0. The number of aryl methyl sites for hydroxylation is 2. The van der Waals surface area contributed by atoms with Crippen LogP contribution in [0.4, 0.5) is 11.4 Å². The van der Waals surface area contributed by atoms with Crippen LogP contribution in [-0.4, -0.2) is 0 Å². The summed E-state index contributed by atoms with van der Waals surface area (Å²) in [6, 6.07) is 3.45. The summed E-state index contributed by atoms with van der Waals surface area (Å²) in [5.41, 5.74) is 6.06. The second-order valence-electron chi connectivity index (χ2n) is 3.78. The molecule has 0 unspecified atom stereocenters. The summed E-state index contributed by atoms with van der Waals surface area (Å²) in [5.74, 6) is 0. The molecule has 0 aliphatic rings. The highest BCUT2D eigenvalue weighted by atomic mass is 14.6. The number of rotatable bonds is 1. The third kappa shape index (κ3) is 9.62. The van der Waals surface area contributed by atoms with Crippen molar-refractivity contribution in [1.29, 1.82) is 0 Å². The molecule has 2 aromatic rings. The van der Waals surface area contributed by atoms with Crippen molar-refractivity contribution >= 4 is 11.4 Å². The van der Waals surface area contributed by atoms with Gasteiger partial charge in [0.25, 0.3) is 0 Å². The van der Waals surface area contributed by atoms with Crippen LogP contribution in [0.1, 0.15) is 73.2 Å². The summed E-state index contributed by atoms with van der Waals surface area (Å²) in [4.78, 5) is 0. The van der Waals surface area contributed by atoms with Crippen molar-refractivity contribution in [1.82, 2.24) is 0 Å². The van der Waals surface area contributed by atoms with Crippen LogP contribution in [0, 0.1) is 27.6 Å². The topological polar surface area (TPSA) is 52.0 Å². The molecule has 0 bridgehead atoms. The molecule has 0 aliphatic heterocycles. The minimum Gasteiger partial charge on any atom is -0.398 e. The van der Waals surface area contributed by atoms with Gasteiger partial charge in [-0.15, -0.1) is 0 Å². The van der Waals surface area contributed by atoms with Gasteiger partial charge in [-0.25, -0.2) is 0 Å². The minimum atomic E-state index is -2.98. The fourth-order valence-electron chi connectivity index (χ4n) is 1.23. The highest BCUT2D eigenvalue weighted by molar-refractivity contribution is 5.52. The Balaban J connectivity index is -0.000000122. The van der Waals surface area contributed by atoms with Crippen molar-refractivity contribution < 1.29 is 16.6 Å². The fourth-order valence-corrected chi connectivity index (χ4v) is 1.23. The molecular weight excluding hydrogens is 280 g/mol. The molecule has 0 amide bonds. The predicted octanol–water partition coefficient (Wildman–Crippen LogP) is 7.20. The van der Waals surface area contributed by atoms with Gasteiger partial charge in [0.15, 0.2) is 2.82 Å². The van der Waals surface area contributed by atoms with E-state index in [-0.39, 0.29) is 44.3 Å². The molecule has 0 fully saturated rings. The van der Waals surface area contributed by atoms with Crippen LogP contribution in [0.5, 0.6) is 0 Å². The van der Waals surface area contributed by atoms with Gasteiger partial charge < -0.3 is 11.5 Å². The average molecular weight is 336 g/mol. The van der Waals surface area contributed by atoms with Crippen LogP contribution in [0.2, 0.25) is 2.82 Å². The second kappa shape index (κ2) is 15.0. The van der Waals surface area contributed by atoms with Gasteiger partial charge in [-0.1, -0.05) is 73.5 Å². The Morgan fingerprint density at radius 1 is 0.870 bits per heavy atom. The lowest BCUT2D eigenvalue weighted by atomic mass is 10.1. The van der Waals surface area contributed by atoms with Crippen LogP contribution >= 0.6 is 0 Å². The highest BCUT2D eigenvalue weighted by Gasteiger charge is 1.93. The summed E-state index contributed by atoms with van der Waals surface area (Å²) >= 11 is 0. The van der Waals surface area contributed by atoms with E-state index < -0.39 is 48.6 Å². The average Bonchev–Trinajstić information content (AvgIpc) is 2.55.